The predicted octanol–water partition coefficient (Wildman–Crippen LogP) is 6.05. The van der Waals surface area contributed by atoms with Gasteiger partial charge in [-0.05, 0) is 71.3 Å². The molecule has 1 amide bonds. The van der Waals surface area contributed by atoms with E-state index in [9.17, 15) is 14.4 Å². The number of para-hydroxylation sites is 1. The van der Waals surface area contributed by atoms with Gasteiger partial charge in [0.05, 0.1) is 12.0 Å². The largest absolute Gasteiger partial charge is 0.454 e. The Hall–Kier alpha value is -4.88. The summed E-state index contributed by atoms with van der Waals surface area (Å²) in [6, 6.07) is 25.3. The highest BCUT2D eigenvalue weighted by Crippen LogP contribution is 2.62. The van der Waals surface area contributed by atoms with Crippen LogP contribution in [0.5, 0.6) is 11.5 Å². The normalized spacial score (nSPS) is 24.3. The lowest BCUT2D eigenvalue weighted by molar-refractivity contribution is -0.122. The zero-order chi connectivity index (χ0) is 28.6. The number of carbonyl (C=O) groups excluding carboxylic acids is 3. The lowest BCUT2D eigenvalue weighted by Crippen LogP contribution is -2.49. The van der Waals surface area contributed by atoms with Crippen LogP contribution in [0.4, 0.5) is 5.69 Å². The molecule has 1 saturated heterocycles. The van der Waals surface area contributed by atoms with Gasteiger partial charge in [-0.15, -0.1) is 0 Å². The van der Waals surface area contributed by atoms with Crippen molar-refractivity contribution in [1.82, 2.24) is 4.90 Å². The fourth-order valence-corrected chi connectivity index (χ4v) is 7.31. The minimum atomic E-state index is -1.40. The molecule has 4 aromatic carbocycles. The van der Waals surface area contributed by atoms with Crippen molar-refractivity contribution in [2.75, 3.05) is 12.1 Å². The first-order chi connectivity index (χ1) is 20.5. The summed E-state index contributed by atoms with van der Waals surface area (Å²) in [5.41, 5.74) is 2.49. The van der Waals surface area contributed by atoms with Crippen LogP contribution in [0.1, 0.15) is 43.4 Å². The number of nitrogens with zero attached hydrogens (tertiary/aromatic N) is 1. The van der Waals surface area contributed by atoms with Crippen molar-refractivity contribution in [3.63, 3.8) is 0 Å². The lowest BCUT2D eigenvalue weighted by Gasteiger charge is -2.38. The average Bonchev–Trinajstić information content (AvgIpc) is 3.70. The first-order valence-electron chi connectivity index (χ1n) is 13.7. The first kappa shape index (κ1) is 24.9. The van der Waals surface area contributed by atoms with E-state index in [0.717, 1.165) is 11.1 Å². The number of ketones is 2. The Balaban J connectivity index is 1.40. The zero-order valence-electron chi connectivity index (χ0n) is 22.1. The Kier molecular flexibility index (Phi) is 5.37. The van der Waals surface area contributed by atoms with Gasteiger partial charge >= 0.3 is 0 Å². The van der Waals surface area contributed by atoms with Crippen LogP contribution < -0.4 is 14.8 Å². The van der Waals surface area contributed by atoms with Crippen LogP contribution in [0.15, 0.2) is 97.2 Å². The number of amides is 1. The van der Waals surface area contributed by atoms with Crippen LogP contribution in [-0.4, -0.2) is 35.2 Å². The molecule has 4 aliphatic rings. The Morgan fingerprint density at radius 3 is 2.45 bits per heavy atom. The van der Waals surface area contributed by atoms with Gasteiger partial charge in [-0.2, -0.15) is 0 Å². The van der Waals surface area contributed by atoms with E-state index in [2.05, 4.69) is 5.32 Å². The van der Waals surface area contributed by atoms with Crippen LogP contribution in [0.3, 0.4) is 0 Å². The fraction of sp³-hybridized carbons (Fsp3) is 0.147. The van der Waals surface area contributed by atoms with Crippen LogP contribution in [0.25, 0.3) is 6.08 Å². The molecule has 8 heteroatoms. The van der Waals surface area contributed by atoms with Crippen molar-refractivity contribution in [3.8, 4) is 11.5 Å². The monoisotopic (exact) mass is 574 g/mol. The highest BCUT2D eigenvalue weighted by atomic mass is 35.5. The van der Waals surface area contributed by atoms with E-state index in [4.69, 9.17) is 21.1 Å². The maximum absolute atomic E-state index is 14.8. The Bertz CT molecular complexity index is 1850. The van der Waals surface area contributed by atoms with Crippen LogP contribution in [0, 0.1) is 5.92 Å². The summed E-state index contributed by atoms with van der Waals surface area (Å²) in [4.78, 5) is 45.9. The molecule has 0 radical (unpaired) electrons. The smallest absolute Gasteiger partial charge is 0.238 e. The van der Waals surface area contributed by atoms with Crippen LogP contribution >= 0.6 is 11.6 Å². The fourth-order valence-electron chi connectivity index (χ4n) is 7.18. The number of anilines is 1. The van der Waals surface area contributed by atoms with Crippen LogP contribution in [-0.2, 0) is 10.2 Å². The molecule has 4 aromatic rings. The Morgan fingerprint density at radius 2 is 1.60 bits per heavy atom. The van der Waals surface area contributed by atoms with Gasteiger partial charge in [0.15, 0.2) is 23.1 Å². The van der Waals surface area contributed by atoms with Gasteiger partial charge < -0.3 is 19.7 Å². The SMILES string of the molecule is O=C(c1ccc2c(c1)OCO2)[C@H]1[C@H](C(=O)c2ccc(Cl)cc2)[C@]2(C(=O)Nc3ccccc32)[C@@H]2c3ccccc3C=CN21. The molecule has 8 rings (SSSR count). The number of rotatable bonds is 4. The van der Waals surface area contributed by atoms with E-state index in [0.29, 0.717) is 38.9 Å². The first-order valence-corrected chi connectivity index (χ1v) is 14.1. The zero-order valence-corrected chi connectivity index (χ0v) is 22.9. The number of ether oxygens (including phenoxy) is 2. The summed E-state index contributed by atoms with van der Waals surface area (Å²) in [5.74, 6) is -0.953. The minimum Gasteiger partial charge on any atom is -0.454 e. The summed E-state index contributed by atoms with van der Waals surface area (Å²) >= 11 is 6.18. The van der Waals surface area contributed by atoms with Crippen molar-refractivity contribution in [1.29, 1.82) is 0 Å². The molecule has 1 fully saturated rings. The third-order valence-corrected chi connectivity index (χ3v) is 9.16. The number of carbonyl (C=O) groups is 3. The van der Waals surface area contributed by atoms with Crippen molar-refractivity contribution >= 4 is 40.8 Å². The molecule has 42 heavy (non-hydrogen) atoms. The summed E-state index contributed by atoms with van der Waals surface area (Å²) in [7, 11) is 0. The molecule has 0 aliphatic carbocycles. The molecule has 4 atom stereocenters. The highest BCUT2D eigenvalue weighted by molar-refractivity contribution is 6.30. The van der Waals surface area contributed by atoms with Crippen molar-refractivity contribution in [2.24, 2.45) is 5.92 Å². The number of hydrogen-bond donors (Lipinski definition) is 1. The third-order valence-electron chi connectivity index (χ3n) is 8.91. The van der Waals surface area contributed by atoms with E-state index in [-0.39, 0.29) is 24.3 Å². The van der Waals surface area contributed by atoms with Crippen molar-refractivity contribution in [2.45, 2.75) is 17.5 Å². The van der Waals surface area contributed by atoms with E-state index in [1.807, 2.05) is 65.7 Å². The molecule has 0 saturated carbocycles. The van der Waals surface area contributed by atoms with Crippen molar-refractivity contribution in [3.05, 3.63) is 130 Å². The van der Waals surface area contributed by atoms with Gasteiger partial charge in [-0.25, -0.2) is 0 Å². The standard InChI is InChI=1S/C34H23ClN2O5/c35-22-12-9-20(10-13-22)30(38)28-29(31(39)21-11-14-26-27(17-21)42-18-41-26)37-16-15-19-5-1-2-6-23(19)32(37)34(28)24-7-3-4-8-25(24)36-33(34)40/h1-17,28-29,32H,18H2,(H,36,40)/t28-,29-,32+,34+/m1/s1. The van der Waals surface area contributed by atoms with E-state index in [1.54, 1.807) is 42.5 Å². The molecule has 0 unspecified atom stereocenters. The summed E-state index contributed by atoms with van der Waals surface area (Å²) in [6.07, 6.45) is 3.79. The summed E-state index contributed by atoms with van der Waals surface area (Å²) in [5, 5.41) is 3.55. The molecule has 0 aromatic heterocycles. The third kappa shape index (κ3) is 3.31. The molecular weight excluding hydrogens is 552 g/mol. The number of halogens is 1. The number of benzene rings is 4. The molecule has 1 N–H and O–H groups in total. The van der Waals surface area contributed by atoms with Gasteiger partial charge in [0.25, 0.3) is 0 Å². The number of nitrogens with one attached hydrogen (secondary N) is 1. The van der Waals surface area contributed by atoms with Gasteiger partial charge in [0.1, 0.15) is 11.5 Å². The molecular formula is C34H23ClN2O5. The predicted molar refractivity (Wildman–Crippen MR) is 157 cm³/mol. The molecule has 1 spiro atoms. The minimum absolute atomic E-state index is 0.0713. The van der Waals surface area contributed by atoms with E-state index < -0.39 is 23.4 Å². The maximum Gasteiger partial charge on any atom is 0.238 e. The molecule has 0 bridgehead atoms. The summed E-state index contributed by atoms with van der Waals surface area (Å²) in [6.45, 7) is 0.0713. The maximum atomic E-state index is 14.8. The van der Waals surface area contributed by atoms with E-state index >= 15 is 0 Å². The number of Topliss-reactive ketones (excluding diaryl/α,β-unsaturated/α-hetero) is 2. The van der Waals surface area contributed by atoms with Crippen LogP contribution in [0.2, 0.25) is 5.02 Å². The second kappa shape index (κ2) is 9.06. The molecule has 206 valence electrons. The number of hydrogen-bond acceptors (Lipinski definition) is 6. The average molecular weight is 575 g/mol. The second-order valence-corrected chi connectivity index (χ2v) is 11.3. The number of fused-ring (bicyclic) bond motifs is 7. The molecule has 7 nitrogen and oxygen atoms in total. The molecule has 4 heterocycles. The molecule has 4 aliphatic heterocycles. The van der Waals surface area contributed by atoms with Gasteiger partial charge in [0.2, 0.25) is 12.7 Å². The van der Waals surface area contributed by atoms with Gasteiger partial charge in [-0.3, -0.25) is 14.4 Å². The van der Waals surface area contributed by atoms with Crippen molar-refractivity contribution < 1.29 is 23.9 Å². The Morgan fingerprint density at radius 1 is 0.857 bits per heavy atom. The highest BCUT2D eigenvalue weighted by Gasteiger charge is 2.70. The van der Waals surface area contributed by atoms with Gasteiger partial charge in [-0.1, -0.05) is 54.1 Å². The Labute approximate surface area is 246 Å². The quantitative estimate of drug-likeness (QED) is 0.299. The topological polar surface area (TPSA) is 84.9 Å². The van der Waals surface area contributed by atoms with E-state index in [1.165, 1.54) is 0 Å². The second-order valence-electron chi connectivity index (χ2n) is 10.9. The van der Waals surface area contributed by atoms with Gasteiger partial charge in [0, 0.05) is 28.0 Å². The summed E-state index contributed by atoms with van der Waals surface area (Å²) < 4.78 is 11.0. The lowest BCUT2D eigenvalue weighted by atomic mass is 9.62.